The molecule has 1 unspecified atom stereocenters. The molecule has 15 heavy (non-hydrogen) atoms. The van der Waals surface area contributed by atoms with Crippen molar-refractivity contribution in [3.8, 4) is 0 Å². The Labute approximate surface area is 83.7 Å². The average molecular weight is 224 g/mol. The van der Waals surface area contributed by atoms with Crippen LogP contribution in [0.1, 0.15) is 0 Å². The van der Waals surface area contributed by atoms with Gasteiger partial charge in [-0.25, -0.2) is 4.79 Å². The van der Waals surface area contributed by atoms with Crippen LogP contribution in [-0.4, -0.2) is 62.1 Å². The van der Waals surface area contributed by atoms with Gasteiger partial charge in [-0.15, -0.1) is 4.91 Å². The van der Waals surface area contributed by atoms with Crippen molar-refractivity contribution in [2.45, 2.75) is 24.0 Å². The van der Waals surface area contributed by atoms with Gasteiger partial charge in [0.15, 0.2) is 0 Å². The number of carbonyl (C=O) groups is 1. The SMILES string of the molecule is N[C@](N=O)(C(=O)O)[C@@H](O)[C@H](O)C(O)CO. The largest absolute Gasteiger partial charge is 0.478 e. The zero-order valence-electron chi connectivity index (χ0n) is 7.52. The van der Waals surface area contributed by atoms with Crippen molar-refractivity contribution < 1.29 is 30.3 Å². The molecule has 0 fully saturated rings. The molecule has 0 spiro atoms. The van der Waals surface area contributed by atoms with E-state index in [4.69, 9.17) is 26.2 Å². The van der Waals surface area contributed by atoms with E-state index in [0.29, 0.717) is 0 Å². The number of aliphatic hydroxyl groups is 4. The van der Waals surface area contributed by atoms with Crippen molar-refractivity contribution in [1.82, 2.24) is 0 Å². The standard InChI is InChI=1S/C6H12N2O7/c7-6(8-15,5(13)14)4(12)3(11)2(10)1-9/h2-4,9-12H,1,7H2,(H,13,14)/t2?,3-,4+,6-/m1/s1. The number of aliphatic carboxylic acids is 1. The van der Waals surface area contributed by atoms with E-state index in [1.54, 1.807) is 0 Å². The number of carboxylic acid groups (broad SMARTS) is 1. The van der Waals surface area contributed by atoms with Crippen molar-refractivity contribution in [2.75, 3.05) is 6.61 Å². The summed E-state index contributed by atoms with van der Waals surface area (Å²) in [5, 5.41) is 46.0. The molecule has 4 atom stereocenters. The summed E-state index contributed by atoms with van der Waals surface area (Å²) in [6, 6.07) is 0. The number of rotatable bonds is 6. The van der Waals surface area contributed by atoms with Crippen LogP contribution in [0.3, 0.4) is 0 Å². The van der Waals surface area contributed by atoms with E-state index in [2.05, 4.69) is 0 Å². The quantitative estimate of drug-likeness (QED) is 0.253. The first-order chi connectivity index (χ1) is 6.81. The van der Waals surface area contributed by atoms with Gasteiger partial charge in [0.1, 0.15) is 18.3 Å². The molecule has 0 aromatic carbocycles. The maximum absolute atomic E-state index is 10.5. The number of nitrogens with zero attached hydrogens (tertiary/aromatic N) is 1. The number of hydrogen-bond donors (Lipinski definition) is 6. The molecule has 9 nitrogen and oxygen atoms in total. The number of aliphatic hydroxyl groups excluding tert-OH is 4. The first-order valence-corrected chi connectivity index (χ1v) is 3.83. The van der Waals surface area contributed by atoms with Crippen molar-refractivity contribution >= 4 is 5.97 Å². The second-order valence-corrected chi connectivity index (χ2v) is 2.91. The summed E-state index contributed by atoms with van der Waals surface area (Å²) in [6.07, 6.45) is -6.27. The zero-order chi connectivity index (χ0) is 12.2. The van der Waals surface area contributed by atoms with Crippen molar-refractivity contribution in [3.05, 3.63) is 4.91 Å². The maximum Gasteiger partial charge on any atom is 0.353 e. The second-order valence-electron chi connectivity index (χ2n) is 2.91. The van der Waals surface area contributed by atoms with Gasteiger partial charge in [0.05, 0.1) is 6.61 Å². The van der Waals surface area contributed by atoms with Crippen LogP contribution in [0.4, 0.5) is 0 Å². The molecule has 0 aliphatic heterocycles. The normalized spacial score (nSPS) is 21.1. The lowest BCUT2D eigenvalue weighted by molar-refractivity contribution is -0.156. The molecule has 0 heterocycles. The molecule has 7 N–H and O–H groups in total. The molecule has 0 amide bonds. The minimum absolute atomic E-state index is 0.938. The van der Waals surface area contributed by atoms with Gasteiger partial charge in [-0.3, -0.25) is 5.73 Å². The summed E-state index contributed by atoms with van der Waals surface area (Å²) in [5.74, 6) is -1.96. The fraction of sp³-hybridized carbons (Fsp3) is 0.833. The monoisotopic (exact) mass is 224 g/mol. The fourth-order valence-electron chi connectivity index (χ4n) is 0.798. The molecule has 0 aliphatic carbocycles. The molecule has 88 valence electrons. The number of nitroso groups, excluding NO2 is 1. The molecular formula is C6H12N2O7. The topological polar surface area (TPSA) is 174 Å². The van der Waals surface area contributed by atoms with Gasteiger partial charge in [-0.1, -0.05) is 0 Å². The van der Waals surface area contributed by atoms with E-state index >= 15 is 0 Å². The summed E-state index contributed by atoms with van der Waals surface area (Å²) in [7, 11) is 0. The summed E-state index contributed by atoms with van der Waals surface area (Å²) >= 11 is 0. The molecule has 0 radical (unpaired) electrons. The van der Waals surface area contributed by atoms with Gasteiger partial charge < -0.3 is 25.5 Å². The third-order valence-electron chi connectivity index (χ3n) is 1.85. The lowest BCUT2D eigenvalue weighted by Crippen LogP contribution is -2.62. The average Bonchev–Trinajstić information content (AvgIpc) is 2.24. The molecular weight excluding hydrogens is 212 g/mol. The highest BCUT2D eigenvalue weighted by Gasteiger charge is 2.49. The molecule has 9 heteroatoms. The van der Waals surface area contributed by atoms with Crippen molar-refractivity contribution in [1.29, 1.82) is 0 Å². The highest BCUT2D eigenvalue weighted by Crippen LogP contribution is 2.15. The van der Waals surface area contributed by atoms with Gasteiger partial charge in [0.25, 0.3) is 5.66 Å². The van der Waals surface area contributed by atoms with Gasteiger partial charge in [-0.2, -0.15) is 0 Å². The van der Waals surface area contributed by atoms with Crippen molar-refractivity contribution in [3.63, 3.8) is 0 Å². The predicted molar refractivity (Wildman–Crippen MR) is 45.5 cm³/mol. The third-order valence-corrected chi connectivity index (χ3v) is 1.85. The van der Waals surface area contributed by atoms with Crippen LogP contribution in [-0.2, 0) is 4.79 Å². The molecule has 0 aromatic heterocycles. The third kappa shape index (κ3) is 2.67. The molecule has 0 saturated heterocycles. The lowest BCUT2D eigenvalue weighted by Gasteiger charge is -2.28. The Bertz CT molecular complexity index is 248. The van der Waals surface area contributed by atoms with E-state index in [-0.39, 0.29) is 0 Å². The minimum atomic E-state index is -2.98. The van der Waals surface area contributed by atoms with Gasteiger partial charge in [0, 0.05) is 0 Å². The second kappa shape index (κ2) is 5.09. The summed E-state index contributed by atoms with van der Waals surface area (Å²) in [5.41, 5.74) is 1.92. The summed E-state index contributed by atoms with van der Waals surface area (Å²) in [6.45, 7) is -0.938. The van der Waals surface area contributed by atoms with Gasteiger partial charge in [0.2, 0.25) is 0 Å². The van der Waals surface area contributed by atoms with E-state index in [9.17, 15) is 14.8 Å². The number of carboxylic acids is 1. The summed E-state index contributed by atoms with van der Waals surface area (Å²) < 4.78 is 0. The number of hydrogen-bond acceptors (Lipinski definition) is 8. The van der Waals surface area contributed by atoms with E-state index < -0.39 is 36.6 Å². The minimum Gasteiger partial charge on any atom is -0.478 e. The summed E-state index contributed by atoms with van der Waals surface area (Å²) in [4.78, 5) is 20.6. The van der Waals surface area contributed by atoms with Crippen LogP contribution >= 0.6 is 0 Å². The van der Waals surface area contributed by atoms with Crippen LogP contribution in [0.2, 0.25) is 0 Å². The van der Waals surface area contributed by atoms with Crippen molar-refractivity contribution in [2.24, 2.45) is 10.9 Å². The predicted octanol–water partition coefficient (Wildman–Crippen LogP) is -3.43. The zero-order valence-corrected chi connectivity index (χ0v) is 7.52. The van der Waals surface area contributed by atoms with E-state index in [1.165, 1.54) is 0 Å². The Kier molecular flexibility index (Phi) is 4.71. The molecule has 0 rings (SSSR count). The van der Waals surface area contributed by atoms with Crippen LogP contribution in [0.5, 0.6) is 0 Å². The maximum atomic E-state index is 10.5. The Morgan fingerprint density at radius 1 is 1.40 bits per heavy atom. The van der Waals surface area contributed by atoms with E-state index in [0.717, 1.165) is 0 Å². The lowest BCUT2D eigenvalue weighted by atomic mass is 9.96. The Morgan fingerprint density at radius 2 is 1.87 bits per heavy atom. The van der Waals surface area contributed by atoms with Crippen LogP contribution in [0, 0.1) is 4.91 Å². The highest BCUT2D eigenvalue weighted by molar-refractivity contribution is 5.79. The Hall–Kier alpha value is -1.13. The van der Waals surface area contributed by atoms with Gasteiger partial charge in [-0.05, 0) is 5.18 Å². The fourth-order valence-corrected chi connectivity index (χ4v) is 0.798. The molecule has 0 bridgehead atoms. The molecule has 0 aliphatic rings. The van der Waals surface area contributed by atoms with E-state index in [1.807, 2.05) is 5.18 Å². The first kappa shape index (κ1) is 13.9. The Morgan fingerprint density at radius 3 is 2.13 bits per heavy atom. The van der Waals surface area contributed by atoms with Gasteiger partial charge >= 0.3 is 5.97 Å². The first-order valence-electron chi connectivity index (χ1n) is 3.83. The molecule has 0 aromatic rings. The smallest absolute Gasteiger partial charge is 0.353 e. The van der Waals surface area contributed by atoms with Crippen LogP contribution < -0.4 is 5.73 Å². The molecule has 0 saturated carbocycles. The Balaban J connectivity index is 4.87. The highest BCUT2D eigenvalue weighted by atomic mass is 16.4. The van der Waals surface area contributed by atoms with Crippen LogP contribution in [0.15, 0.2) is 5.18 Å². The van der Waals surface area contributed by atoms with Crippen LogP contribution in [0.25, 0.3) is 0 Å². The number of nitrogens with two attached hydrogens (primary N) is 1.